The standard InChI is InChI=1S/C14H16O2S/c1-10(15)13(12-8-5-9-17-12)14(16)11-6-3-2-4-7-11/h2-4,6-7,12-13H,5,8-9H2,1H3. The van der Waals surface area contributed by atoms with E-state index in [0.29, 0.717) is 5.56 Å². The Kier molecular flexibility index (Phi) is 4.00. The van der Waals surface area contributed by atoms with Crippen LogP contribution >= 0.6 is 11.8 Å². The third-order valence-corrected chi connectivity index (χ3v) is 4.58. The zero-order chi connectivity index (χ0) is 12.3. The number of carbonyl (C=O) groups excluding carboxylic acids is 2. The predicted molar refractivity (Wildman–Crippen MR) is 70.4 cm³/mol. The number of hydrogen-bond acceptors (Lipinski definition) is 3. The maximum atomic E-state index is 12.3. The molecule has 0 amide bonds. The second-order valence-corrected chi connectivity index (χ2v) is 5.72. The summed E-state index contributed by atoms with van der Waals surface area (Å²) in [7, 11) is 0. The Morgan fingerprint density at radius 1 is 1.29 bits per heavy atom. The van der Waals surface area contributed by atoms with Gasteiger partial charge in [0.25, 0.3) is 0 Å². The summed E-state index contributed by atoms with van der Waals surface area (Å²) in [5.41, 5.74) is 0.653. The molecule has 0 spiro atoms. The molecule has 3 heteroatoms. The molecule has 2 nitrogen and oxygen atoms in total. The molecule has 0 aliphatic carbocycles. The van der Waals surface area contributed by atoms with Gasteiger partial charge in [0.15, 0.2) is 5.78 Å². The minimum Gasteiger partial charge on any atom is -0.299 e. The van der Waals surface area contributed by atoms with Gasteiger partial charge in [-0.1, -0.05) is 30.3 Å². The predicted octanol–water partition coefficient (Wildman–Crippen LogP) is 2.97. The maximum Gasteiger partial charge on any atom is 0.174 e. The maximum absolute atomic E-state index is 12.3. The minimum atomic E-state index is -0.454. The fraction of sp³-hybridized carbons (Fsp3) is 0.429. The Hall–Kier alpha value is -1.09. The number of carbonyl (C=O) groups is 2. The van der Waals surface area contributed by atoms with Gasteiger partial charge in [-0.3, -0.25) is 9.59 Å². The van der Waals surface area contributed by atoms with Crippen molar-refractivity contribution in [3.63, 3.8) is 0 Å². The van der Waals surface area contributed by atoms with Crippen molar-refractivity contribution in [3.05, 3.63) is 35.9 Å². The molecule has 1 aromatic rings. The quantitative estimate of drug-likeness (QED) is 0.607. The molecule has 17 heavy (non-hydrogen) atoms. The fourth-order valence-electron chi connectivity index (χ4n) is 2.26. The molecule has 1 aromatic carbocycles. The monoisotopic (exact) mass is 248 g/mol. The number of rotatable bonds is 4. The number of thioether (sulfide) groups is 1. The highest BCUT2D eigenvalue weighted by molar-refractivity contribution is 8.00. The van der Waals surface area contributed by atoms with Gasteiger partial charge in [0.2, 0.25) is 0 Å². The lowest BCUT2D eigenvalue weighted by atomic mass is 9.89. The van der Waals surface area contributed by atoms with Gasteiger partial charge in [0.05, 0.1) is 5.92 Å². The van der Waals surface area contributed by atoms with Crippen molar-refractivity contribution >= 4 is 23.3 Å². The molecular weight excluding hydrogens is 232 g/mol. The molecule has 0 aromatic heterocycles. The van der Waals surface area contributed by atoms with Gasteiger partial charge in [-0.2, -0.15) is 11.8 Å². The van der Waals surface area contributed by atoms with Crippen LogP contribution in [0.4, 0.5) is 0 Å². The van der Waals surface area contributed by atoms with E-state index in [1.807, 2.05) is 18.2 Å². The Morgan fingerprint density at radius 2 is 2.00 bits per heavy atom. The van der Waals surface area contributed by atoms with Crippen molar-refractivity contribution in [1.29, 1.82) is 0 Å². The Bertz CT molecular complexity index is 407. The lowest BCUT2D eigenvalue weighted by Gasteiger charge is -2.18. The van der Waals surface area contributed by atoms with E-state index in [2.05, 4.69) is 0 Å². The van der Waals surface area contributed by atoms with E-state index in [0.717, 1.165) is 18.6 Å². The van der Waals surface area contributed by atoms with Crippen molar-refractivity contribution in [2.75, 3.05) is 5.75 Å². The van der Waals surface area contributed by atoms with Crippen LogP contribution in [0, 0.1) is 5.92 Å². The molecule has 0 bridgehead atoms. The Balaban J connectivity index is 2.22. The highest BCUT2D eigenvalue weighted by Crippen LogP contribution is 2.34. The second kappa shape index (κ2) is 5.50. The van der Waals surface area contributed by atoms with Crippen molar-refractivity contribution in [3.8, 4) is 0 Å². The summed E-state index contributed by atoms with van der Waals surface area (Å²) in [5, 5.41) is 0.181. The van der Waals surface area contributed by atoms with Gasteiger partial charge < -0.3 is 0 Å². The molecule has 2 unspecified atom stereocenters. The van der Waals surface area contributed by atoms with Crippen molar-refractivity contribution < 1.29 is 9.59 Å². The average Bonchev–Trinajstić information content (AvgIpc) is 2.83. The van der Waals surface area contributed by atoms with Crippen LogP contribution in [0.5, 0.6) is 0 Å². The van der Waals surface area contributed by atoms with Gasteiger partial charge >= 0.3 is 0 Å². The first-order valence-corrected chi connectivity index (χ1v) is 6.96. The van der Waals surface area contributed by atoms with Gasteiger partial charge in [-0.25, -0.2) is 0 Å². The average molecular weight is 248 g/mol. The second-order valence-electron chi connectivity index (χ2n) is 4.37. The molecule has 1 aliphatic heterocycles. The van der Waals surface area contributed by atoms with Crippen molar-refractivity contribution in [2.45, 2.75) is 25.0 Å². The van der Waals surface area contributed by atoms with E-state index in [9.17, 15) is 9.59 Å². The van der Waals surface area contributed by atoms with Crippen LogP contribution in [0.1, 0.15) is 30.1 Å². The molecule has 1 heterocycles. The number of ketones is 2. The smallest absolute Gasteiger partial charge is 0.174 e. The van der Waals surface area contributed by atoms with Crippen molar-refractivity contribution in [1.82, 2.24) is 0 Å². The molecule has 0 N–H and O–H groups in total. The molecule has 2 atom stereocenters. The van der Waals surface area contributed by atoms with Crippen LogP contribution in [0.15, 0.2) is 30.3 Å². The molecule has 1 fully saturated rings. The van der Waals surface area contributed by atoms with E-state index in [1.165, 1.54) is 6.92 Å². The van der Waals surface area contributed by atoms with Crippen LogP contribution in [-0.2, 0) is 4.79 Å². The highest BCUT2D eigenvalue weighted by Gasteiger charge is 2.34. The van der Waals surface area contributed by atoms with Gasteiger partial charge in [-0.15, -0.1) is 0 Å². The van der Waals surface area contributed by atoms with Crippen LogP contribution < -0.4 is 0 Å². The molecule has 1 aliphatic rings. The molecule has 0 radical (unpaired) electrons. The van der Waals surface area contributed by atoms with Gasteiger partial charge in [0.1, 0.15) is 5.78 Å². The minimum absolute atomic E-state index is 0.00162. The Labute approximate surface area is 106 Å². The molecule has 90 valence electrons. The lowest BCUT2D eigenvalue weighted by molar-refractivity contribution is -0.119. The third-order valence-electron chi connectivity index (χ3n) is 3.12. The SMILES string of the molecule is CC(=O)C(C(=O)c1ccccc1)C1CCCS1. The first kappa shape index (κ1) is 12.4. The summed E-state index contributed by atoms with van der Waals surface area (Å²) in [6.07, 6.45) is 2.09. The lowest BCUT2D eigenvalue weighted by Crippen LogP contribution is -2.30. The zero-order valence-corrected chi connectivity index (χ0v) is 10.7. The van der Waals surface area contributed by atoms with Crippen molar-refractivity contribution in [2.24, 2.45) is 5.92 Å². The summed E-state index contributed by atoms with van der Waals surface area (Å²) in [6.45, 7) is 1.53. The van der Waals surface area contributed by atoms with E-state index in [4.69, 9.17) is 0 Å². The molecule has 1 saturated heterocycles. The Morgan fingerprint density at radius 3 is 2.53 bits per heavy atom. The summed E-state index contributed by atoms with van der Waals surface area (Å²) in [5.74, 6) is 0.594. The third kappa shape index (κ3) is 2.78. The molecule has 2 rings (SSSR count). The molecule has 0 saturated carbocycles. The van der Waals surface area contributed by atoms with Gasteiger partial charge in [0, 0.05) is 10.8 Å². The van der Waals surface area contributed by atoms with E-state index < -0.39 is 5.92 Å². The summed E-state index contributed by atoms with van der Waals surface area (Å²) >= 11 is 1.76. The van der Waals surface area contributed by atoms with Crippen LogP contribution in [0.25, 0.3) is 0 Å². The number of Topliss-reactive ketones (excluding diaryl/α,β-unsaturated/α-hetero) is 2. The highest BCUT2D eigenvalue weighted by atomic mass is 32.2. The largest absolute Gasteiger partial charge is 0.299 e. The topological polar surface area (TPSA) is 34.1 Å². The number of hydrogen-bond donors (Lipinski definition) is 0. The van der Waals surface area contributed by atoms with Crippen LogP contribution in [0.2, 0.25) is 0 Å². The summed E-state index contributed by atoms with van der Waals surface area (Å²) in [6, 6.07) is 9.14. The fourth-order valence-corrected chi connectivity index (χ4v) is 3.74. The van der Waals surface area contributed by atoms with Crippen LogP contribution in [-0.4, -0.2) is 22.6 Å². The number of benzene rings is 1. The van der Waals surface area contributed by atoms with Gasteiger partial charge in [-0.05, 0) is 25.5 Å². The summed E-state index contributed by atoms with van der Waals surface area (Å²) in [4.78, 5) is 24.1. The van der Waals surface area contributed by atoms with E-state index in [-0.39, 0.29) is 16.8 Å². The molecular formula is C14H16O2S. The first-order chi connectivity index (χ1) is 8.20. The van der Waals surface area contributed by atoms with E-state index in [1.54, 1.807) is 23.9 Å². The normalized spacial score (nSPS) is 21.1. The first-order valence-electron chi connectivity index (χ1n) is 5.91. The summed E-state index contributed by atoms with van der Waals surface area (Å²) < 4.78 is 0. The van der Waals surface area contributed by atoms with Crippen LogP contribution in [0.3, 0.4) is 0 Å². The van der Waals surface area contributed by atoms with E-state index >= 15 is 0 Å². The zero-order valence-electron chi connectivity index (χ0n) is 9.89.